The van der Waals surface area contributed by atoms with Crippen LogP contribution >= 0.6 is 0 Å². The number of sulfone groups is 1. The molecule has 1 atom stereocenters. The Morgan fingerprint density at radius 1 is 1.22 bits per heavy atom. The molecule has 0 fully saturated rings. The fraction of sp³-hybridized carbons (Fsp3) is 0.333. The molecule has 146 valence electrons. The Balaban J connectivity index is 2.66. The first-order valence-corrected chi connectivity index (χ1v) is 9.70. The van der Waals surface area contributed by atoms with E-state index in [0.717, 1.165) is 5.56 Å². The van der Waals surface area contributed by atoms with Gasteiger partial charge in [0.05, 0.1) is 18.4 Å². The summed E-state index contributed by atoms with van der Waals surface area (Å²) in [7, 11) is -2.92. The second-order valence-electron chi connectivity index (χ2n) is 6.18. The van der Waals surface area contributed by atoms with Gasteiger partial charge in [-0.3, -0.25) is 14.8 Å². The molecule has 1 aromatic carbocycles. The maximum Gasteiger partial charge on any atom is 0.305 e. The van der Waals surface area contributed by atoms with E-state index in [2.05, 4.69) is 9.72 Å². The van der Waals surface area contributed by atoms with E-state index in [1.54, 1.807) is 18.2 Å². The molecule has 0 saturated carbocycles. The average molecular weight is 394 g/mol. The van der Waals surface area contributed by atoms with Crippen LogP contribution in [-0.4, -0.2) is 37.6 Å². The number of H-pyrrole nitrogens is 1. The number of hydrogen-bond acceptors (Lipinski definition) is 6. The number of esters is 1. The topological polar surface area (TPSA) is 126 Å². The van der Waals surface area contributed by atoms with Gasteiger partial charge in [0.1, 0.15) is 4.75 Å². The second-order valence-corrected chi connectivity index (χ2v) is 8.44. The number of aryl methyl sites for hydroxylation is 1. The van der Waals surface area contributed by atoms with Gasteiger partial charge in [0, 0.05) is 18.3 Å². The molecular weight excluding hydrogens is 372 g/mol. The van der Waals surface area contributed by atoms with E-state index >= 15 is 0 Å². The van der Waals surface area contributed by atoms with Gasteiger partial charge in [0.15, 0.2) is 9.84 Å². The molecule has 0 bridgehead atoms. The normalized spacial score (nSPS) is 13.6. The van der Waals surface area contributed by atoms with Crippen molar-refractivity contribution in [3.8, 4) is 0 Å². The molecule has 3 N–H and O–H groups in total. The van der Waals surface area contributed by atoms with Crippen LogP contribution in [0.2, 0.25) is 0 Å². The van der Waals surface area contributed by atoms with Crippen molar-refractivity contribution in [2.75, 3.05) is 7.11 Å². The third kappa shape index (κ3) is 4.20. The summed E-state index contributed by atoms with van der Waals surface area (Å²) in [5, 5.41) is 9.00. The SMILES string of the molecule is COC(=O)CCC(CC(=O)NO)(c1ccc[nH]1)S(=O)(=O)c1ccc(C)cc1. The molecule has 0 aliphatic heterocycles. The van der Waals surface area contributed by atoms with Crippen molar-refractivity contribution in [3.05, 3.63) is 53.9 Å². The molecule has 1 amide bonds. The van der Waals surface area contributed by atoms with E-state index in [1.807, 2.05) is 6.92 Å². The highest BCUT2D eigenvalue weighted by Crippen LogP contribution is 2.42. The highest BCUT2D eigenvalue weighted by molar-refractivity contribution is 7.92. The van der Waals surface area contributed by atoms with Gasteiger partial charge in [0.25, 0.3) is 0 Å². The molecule has 2 aromatic rings. The Labute approximate surface area is 157 Å². The van der Waals surface area contributed by atoms with Crippen LogP contribution in [0.4, 0.5) is 0 Å². The lowest BCUT2D eigenvalue weighted by atomic mass is 9.94. The standard InChI is InChI=1S/C18H22N2O6S/c1-13-5-7-14(8-6-13)27(24,25)18(12-16(21)20-23,10-9-17(22)26-2)15-4-3-11-19-15/h3-8,11,19,23H,9-10,12H2,1-2H3,(H,20,21). The summed E-state index contributed by atoms with van der Waals surface area (Å²) in [6.07, 6.45) is 0.532. The molecule has 0 aliphatic carbocycles. The minimum absolute atomic E-state index is 0.0123. The van der Waals surface area contributed by atoms with Gasteiger partial charge in [0.2, 0.25) is 5.91 Å². The lowest BCUT2D eigenvalue weighted by molar-refractivity contribution is -0.141. The maximum atomic E-state index is 13.6. The summed E-state index contributed by atoms with van der Waals surface area (Å²) in [6, 6.07) is 9.35. The number of ether oxygens (including phenoxy) is 1. The van der Waals surface area contributed by atoms with Gasteiger partial charge in [-0.2, -0.15) is 0 Å². The zero-order valence-electron chi connectivity index (χ0n) is 15.1. The lowest BCUT2D eigenvalue weighted by Crippen LogP contribution is -2.41. The van der Waals surface area contributed by atoms with Crippen LogP contribution in [0.3, 0.4) is 0 Å². The van der Waals surface area contributed by atoms with E-state index < -0.39 is 32.9 Å². The van der Waals surface area contributed by atoms with Gasteiger partial charge in [-0.05, 0) is 37.6 Å². The monoisotopic (exact) mass is 394 g/mol. The first-order valence-electron chi connectivity index (χ1n) is 8.22. The Bertz CT molecular complexity index is 890. The van der Waals surface area contributed by atoms with Gasteiger partial charge in [-0.1, -0.05) is 17.7 Å². The van der Waals surface area contributed by atoms with Crippen molar-refractivity contribution in [2.45, 2.75) is 35.8 Å². The fourth-order valence-corrected chi connectivity index (χ4v) is 5.01. The smallest absolute Gasteiger partial charge is 0.305 e. The van der Waals surface area contributed by atoms with E-state index in [1.165, 1.54) is 37.0 Å². The molecule has 1 heterocycles. The quantitative estimate of drug-likeness (QED) is 0.356. The van der Waals surface area contributed by atoms with Crippen molar-refractivity contribution in [2.24, 2.45) is 0 Å². The van der Waals surface area contributed by atoms with Crippen molar-refractivity contribution in [1.82, 2.24) is 10.5 Å². The molecule has 9 heteroatoms. The molecule has 0 saturated heterocycles. The predicted octanol–water partition coefficient (Wildman–Crippen LogP) is 1.84. The minimum Gasteiger partial charge on any atom is -0.469 e. The Hall–Kier alpha value is -2.65. The van der Waals surface area contributed by atoms with Crippen LogP contribution in [0.1, 0.15) is 30.5 Å². The summed E-state index contributed by atoms with van der Waals surface area (Å²) in [6.45, 7) is 1.82. The fourth-order valence-electron chi connectivity index (χ4n) is 2.95. The van der Waals surface area contributed by atoms with E-state index in [4.69, 9.17) is 5.21 Å². The van der Waals surface area contributed by atoms with Crippen LogP contribution in [0, 0.1) is 6.92 Å². The number of aromatic amines is 1. The molecule has 2 rings (SSSR count). The second kappa shape index (κ2) is 8.36. The highest BCUT2D eigenvalue weighted by atomic mass is 32.2. The Morgan fingerprint density at radius 3 is 2.41 bits per heavy atom. The van der Waals surface area contributed by atoms with Crippen molar-refractivity contribution < 1.29 is 28.0 Å². The zero-order chi connectivity index (χ0) is 20.1. The average Bonchev–Trinajstić information content (AvgIpc) is 3.19. The van der Waals surface area contributed by atoms with Gasteiger partial charge >= 0.3 is 5.97 Å². The third-order valence-electron chi connectivity index (χ3n) is 4.47. The molecule has 0 spiro atoms. The molecule has 0 aliphatic rings. The molecular formula is C18H22N2O6S. The first kappa shape index (κ1) is 20.7. The van der Waals surface area contributed by atoms with Crippen LogP contribution < -0.4 is 5.48 Å². The largest absolute Gasteiger partial charge is 0.469 e. The minimum atomic E-state index is -4.12. The maximum absolute atomic E-state index is 13.6. The Morgan fingerprint density at radius 2 is 1.89 bits per heavy atom. The van der Waals surface area contributed by atoms with Gasteiger partial charge in [-0.15, -0.1) is 0 Å². The van der Waals surface area contributed by atoms with E-state index in [-0.39, 0.29) is 23.4 Å². The zero-order valence-corrected chi connectivity index (χ0v) is 15.9. The summed E-state index contributed by atoms with van der Waals surface area (Å²) >= 11 is 0. The predicted molar refractivity (Wildman–Crippen MR) is 96.6 cm³/mol. The van der Waals surface area contributed by atoms with Gasteiger partial charge < -0.3 is 9.72 Å². The molecule has 1 aromatic heterocycles. The third-order valence-corrected chi connectivity index (χ3v) is 6.96. The summed E-state index contributed by atoms with van der Waals surface area (Å²) in [4.78, 5) is 26.6. The Kier molecular flexibility index (Phi) is 6.40. The van der Waals surface area contributed by atoms with E-state index in [0.29, 0.717) is 0 Å². The molecule has 0 radical (unpaired) electrons. The highest BCUT2D eigenvalue weighted by Gasteiger charge is 2.49. The van der Waals surface area contributed by atoms with Crippen molar-refractivity contribution >= 4 is 21.7 Å². The first-order chi connectivity index (χ1) is 12.8. The van der Waals surface area contributed by atoms with Crippen LogP contribution in [-0.2, 0) is 28.9 Å². The van der Waals surface area contributed by atoms with Crippen molar-refractivity contribution in [1.29, 1.82) is 0 Å². The summed E-state index contributed by atoms with van der Waals surface area (Å²) in [5.74, 6) is -1.49. The van der Waals surface area contributed by atoms with Gasteiger partial charge in [-0.25, -0.2) is 13.9 Å². The summed E-state index contributed by atoms with van der Waals surface area (Å²) < 4.78 is 30.0. The number of rotatable bonds is 8. The number of amides is 1. The molecule has 8 nitrogen and oxygen atoms in total. The number of benzene rings is 1. The number of aromatic nitrogens is 1. The van der Waals surface area contributed by atoms with Crippen LogP contribution in [0.25, 0.3) is 0 Å². The van der Waals surface area contributed by atoms with E-state index in [9.17, 15) is 18.0 Å². The lowest BCUT2D eigenvalue weighted by Gasteiger charge is -2.32. The number of hydroxylamine groups is 1. The van der Waals surface area contributed by atoms with Crippen LogP contribution in [0.5, 0.6) is 0 Å². The number of nitrogens with one attached hydrogen (secondary N) is 2. The number of methoxy groups -OCH3 is 1. The molecule has 1 unspecified atom stereocenters. The molecule has 27 heavy (non-hydrogen) atoms. The number of carbonyl (C=O) groups excluding carboxylic acids is 2. The summed E-state index contributed by atoms with van der Waals surface area (Å²) in [5.41, 5.74) is 2.61. The van der Waals surface area contributed by atoms with Crippen molar-refractivity contribution in [3.63, 3.8) is 0 Å². The number of hydrogen-bond donors (Lipinski definition) is 3. The van der Waals surface area contributed by atoms with Crippen LogP contribution in [0.15, 0.2) is 47.5 Å². The number of carbonyl (C=O) groups is 2.